The monoisotopic (exact) mass is 334 g/mol. The molecule has 0 bridgehead atoms. The fraction of sp³-hybridized carbons (Fsp3) is 0.250. The van der Waals surface area contributed by atoms with Gasteiger partial charge in [-0.15, -0.1) is 6.58 Å². The Hall–Kier alpha value is -2.25. The predicted octanol–water partition coefficient (Wildman–Crippen LogP) is 2.24. The van der Waals surface area contributed by atoms with Crippen molar-refractivity contribution in [1.29, 1.82) is 0 Å². The van der Waals surface area contributed by atoms with Gasteiger partial charge in [-0.25, -0.2) is 8.42 Å². The first kappa shape index (κ1) is 17.1. The van der Waals surface area contributed by atoms with Crippen molar-refractivity contribution in [3.05, 3.63) is 48.2 Å². The van der Waals surface area contributed by atoms with E-state index in [0.717, 1.165) is 5.56 Å². The minimum absolute atomic E-state index is 0.0196. The number of aliphatic carboxylic acids is 1. The number of benzene rings is 1. The van der Waals surface area contributed by atoms with E-state index in [0.29, 0.717) is 16.5 Å². The second-order valence-electron chi connectivity index (χ2n) is 5.45. The number of pyridine rings is 1. The molecular formula is C16H18N2O4S. The normalized spacial score (nSPS) is 13.0. The Morgan fingerprint density at radius 2 is 2.09 bits per heavy atom. The van der Waals surface area contributed by atoms with E-state index in [1.807, 2.05) is 6.92 Å². The lowest BCUT2D eigenvalue weighted by atomic mass is 10.1. The summed E-state index contributed by atoms with van der Waals surface area (Å²) in [7, 11) is -4.03. The van der Waals surface area contributed by atoms with Crippen LogP contribution in [0.1, 0.15) is 18.9 Å². The number of nitrogens with zero attached hydrogens (tertiary/aromatic N) is 1. The third kappa shape index (κ3) is 3.75. The number of fused-ring (bicyclic) bond motifs is 1. The van der Waals surface area contributed by atoms with E-state index in [1.165, 1.54) is 12.3 Å². The van der Waals surface area contributed by atoms with Crippen molar-refractivity contribution in [3.63, 3.8) is 0 Å². The maximum absolute atomic E-state index is 12.6. The van der Waals surface area contributed by atoms with Crippen LogP contribution in [0.15, 0.2) is 47.5 Å². The van der Waals surface area contributed by atoms with Gasteiger partial charge >= 0.3 is 5.97 Å². The van der Waals surface area contributed by atoms with Crippen LogP contribution in [-0.2, 0) is 14.8 Å². The molecule has 1 aromatic carbocycles. The summed E-state index contributed by atoms with van der Waals surface area (Å²) in [6.07, 6.45) is 1.52. The minimum Gasteiger partial charge on any atom is -0.480 e. The lowest BCUT2D eigenvalue weighted by Gasteiger charge is -2.16. The summed E-state index contributed by atoms with van der Waals surface area (Å²) in [5, 5.41) is 9.92. The quantitative estimate of drug-likeness (QED) is 0.790. The van der Waals surface area contributed by atoms with Crippen LogP contribution in [0.3, 0.4) is 0 Å². The average molecular weight is 334 g/mol. The highest BCUT2D eigenvalue weighted by atomic mass is 32.2. The number of carboxylic acid groups (broad SMARTS) is 1. The lowest BCUT2D eigenvalue weighted by molar-refractivity contribution is -0.138. The van der Waals surface area contributed by atoms with E-state index in [9.17, 15) is 18.3 Å². The molecule has 0 radical (unpaired) electrons. The Balaban J connectivity index is 2.50. The first-order chi connectivity index (χ1) is 10.7. The Morgan fingerprint density at radius 1 is 1.39 bits per heavy atom. The van der Waals surface area contributed by atoms with Gasteiger partial charge in [-0.3, -0.25) is 9.78 Å². The molecule has 0 aliphatic carbocycles. The summed E-state index contributed by atoms with van der Waals surface area (Å²) in [6, 6.07) is 5.34. The highest BCUT2D eigenvalue weighted by Gasteiger charge is 2.27. The van der Waals surface area contributed by atoms with Crippen LogP contribution in [-0.4, -0.2) is 30.5 Å². The van der Waals surface area contributed by atoms with Gasteiger partial charge < -0.3 is 5.11 Å². The van der Waals surface area contributed by atoms with Gasteiger partial charge in [-0.2, -0.15) is 4.72 Å². The number of aromatic nitrogens is 1. The van der Waals surface area contributed by atoms with Gasteiger partial charge in [0, 0.05) is 11.6 Å². The number of nitrogens with one attached hydrogen (secondary N) is 1. The van der Waals surface area contributed by atoms with E-state index in [1.54, 1.807) is 25.1 Å². The van der Waals surface area contributed by atoms with Crippen LogP contribution in [0, 0.1) is 6.92 Å². The largest absolute Gasteiger partial charge is 0.480 e. The average Bonchev–Trinajstić information content (AvgIpc) is 2.46. The molecule has 0 saturated heterocycles. The second-order valence-corrected chi connectivity index (χ2v) is 7.14. The zero-order valence-corrected chi connectivity index (χ0v) is 13.7. The Kier molecular flexibility index (Phi) is 4.82. The van der Waals surface area contributed by atoms with Crippen molar-refractivity contribution in [2.45, 2.75) is 31.2 Å². The van der Waals surface area contributed by atoms with Gasteiger partial charge in [0.05, 0.1) is 5.52 Å². The minimum atomic E-state index is -4.03. The number of hydrogen-bond acceptors (Lipinski definition) is 4. The van der Waals surface area contributed by atoms with Gasteiger partial charge in [0.2, 0.25) is 10.0 Å². The van der Waals surface area contributed by atoms with Crippen LogP contribution in [0.2, 0.25) is 0 Å². The van der Waals surface area contributed by atoms with Crippen molar-refractivity contribution < 1.29 is 18.3 Å². The van der Waals surface area contributed by atoms with Gasteiger partial charge in [0.15, 0.2) is 0 Å². The van der Waals surface area contributed by atoms with Gasteiger partial charge in [-0.05, 0) is 38.0 Å². The fourth-order valence-electron chi connectivity index (χ4n) is 2.28. The number of aryl methyl sites for hydroxylation is 1. The van der Waals surface area contributed by atoms with Crippen molar-refractivity contribution in [1.82, 2.24) is 9.71 Å². The summed E-state index contributed by atoms with van der Waals surface area (Å²) in [6.45, 7) is 7.13. The zero-order chi connectivity index (χ0) is 17.2. The lowest BCUT2D eigenvalue weighted by Crippen LogP contribution is -2.40. The molecule has 6 nitrogen and oxygen atoms in total. The predicted molar refractivity (Wildman–Crippen MR) is 87.7 cm³/mol. The molecule has 0 fully saturated rings. The molecule has 7 heteroatoms. The van der Waals surface area contributed by atoms with Crippen LogP contribution in [0.25, 0.3) is 10.9 Å². The summed E-state index contributed by atoms with van der Waals surface area (Å²) in [4.78, 5) is 15.4. The molecule has 23 heavy (non-hydrogen) atoms. The molecule has 0 aliphatic heterocycles. The molecule has 2 rings (SSSR count). The number of sulfonamides is 1. The highest BCUT2D eigenvalue weighted by molar-refractivity contribution is 7.89. The molecule has 1 heterocycles. The molecule has 1 aromatic heterocycles. The van der Waals surface area contributed by atoms with Gasteiger partial charge in [0.1, 0.15) is 10.9 Å². The molecule has 2 N–H and O–H groups in total. The summed E-state index contributed by atoms with van der Waals surface area (Å²) in [5.41, 5.74) is 1.79. The SMILES string of the molecule is C=C(C)CC(NS(=O)(=O)c1ccc(C)c2cccnc12)C(=O)O. The van der Waals surface area contributed by atoms with E-state index in [-0.39, 0.29) is 11.3 Å². The summed E-state index contributed by atoms with van der Waals surface area (Å²) in [5.74, 6) is -1.25. The highest BCUT2D eigenvalue weighted by Crippen LogP contribution is 2.24. The van der Waals surface area contributed by atoms with Gasteiger partial charge in [-0.1, -0.05) is 17.7 Å². The maximum Gasteiger partial charge on any atom is 0.322 e. The Bertz CT molecular complexity index is 875. The van der Waals surface area contributed by atoms with Crippen LogP contribution >= 0.6 is 0 Å². The first-order valence-electron chi connectivity index (χ1n) is 6.96. The topological polar surface area (TPSA) is 96.4 Å². The molecule has 122 valence electrons. The summed E-state index contributed by atoms with van der Waals surface area (Å²) >= 11 is 0. The van der Waals surface area contributed by atoms with Crippen molar-refractivity contribution >= 4 is 26.9 Å². The zero-order valence-electron chi connectivity index (χ0n) is 12.9. The third-order valence-corrected chi connectivity index (χ3v) is 4.89. The molecular weight excluding hydrogens is 316 g/mol. The molecule has 1 unspecified atom stereocenters. The van der Waals surface area contributed by atoms with Crippen molar-refractivity contribution in [3.8, 4) is 0 Å². The molecule has 2 aromatic rings. The summed E-state index contributed by atoms with van der Waals surface area (Å²) < 4.78 is 27.4. The molecule has 0 saturated carbocycles. The van der Waals surface area contributed by atoms with Crippen molar-refractivity contribution in [2.75, 3.05) is 0 Å². The van der Waals surface area contributed by atoms with Crippen LogP contribution < -0.4 is 4.72 Å². The van der Waals surface area contributed by atoms with Crippen molar-refractivity contribution in [2.24, 2.45) is 0 Å². The van der Waals surface area contributed by atoms with Crippen LogP contribution in [0.4, 0.5) is 0 Å². The third-order valence-electron chi connectivity index (χ3n) is 3.39. The number of carbonyl (C=O) groups is 1. The standard InChI is InChI=1S/C16H18N2O4S/c1-10(2)9-13(16(19)20)18-23(21,22)14-7-6-11(3)12-5-4-8-17-15(12)14/h4-8,13,18H,1,9H2,2-3H3,(H,19,20). The van der Waals surface area contributed by atoms with E-state index in [2.05, 4.69) is 16.3 Å². The molecule has 0 spiro atoms. The first-order valence-corrected chi connectivity index (χ1v) is 8.44. The smallest absolute Gasteiger partial charge is 0.322 e. The second kappa shape index (κ2) is 6.47. The van der Waals surface area contributed by atoms with E-state index in [4.69, 9.17) is 0 Å². The molecule has 1 atom stereocenters. The Labute approximate surface area is 134 Å². The van der Waals surface area contributed by atoms with E-state index >= 15 is 0 Å². The molecule has 0 aliphatic rings. The van der Waals surface area contributed by atoms with Crippen LogP contribution in [0.5, 0.6) is 0 Å². The number of rotatable bonds is 6. The number of carboxylic acids is 1. The van der Waals surface area contributed by atoms with Gasteiger partial charge in [0.25, 0.3) is 0 Å². The fourth-order valence-corrected chi connectivity index (χ4v) is 3.63. The maximum atomic E-state index is 12.6. The number of hydrogen-bond donors (Lipinski definition) is 2. The molecule has 0 amide bonds. The Morgan fingerprint density at radius 3 is 2.70 bits per heavy atom. The van der Waals surface area contributed by atoms with E-state index < -0.39 is 22.0 Å².